The number of fused-ring (bicyclic) bond motifs is 1. The van der Waals surface area contributed by atoms with E-state index in [0.717, 1.165) is 30.7 Å². The molecule has 1 atom stereocenters. The zero-order chi connectivity index (χ0) is 18.7. The minimum atomic E-state index is -1.16. The molecule has 1 aromatic carbocycles. The van der Waals surface area contributed by atoms with Gasteiger partial charge in [-0.2, -0.15) is 4.98 Å². The molecule has 0 saturated carbocycles. The second kappa shape index (κ2) is 7.84. The molecule has 1 aliphatic heterocycles. The van der Waals surface area contributed by atoms with Crippen LogP contribution >= 0.6 is 0 Å². The highest BCUT2D eigenvalue weighted by Crippen LogP contribution is 2.32. The van der Waals surface area contributed by atoms with Gasteiger partial charge in [0.1, 0.15) is 11.6 Å². The van der Waals surface area contributed by atoms with Crippen molar-refractivity contribution in [3.8, 4) is 11.6 Å². The number of ether oxygens (including phenoxy) is 1. The summed E-state index contributed by atoms with van der Waals surface area (Å²) in [6.07, 6.45) is 3.67. The molecule has 1 aromatic heterocycles. The Morgan fingerprint density at radius 2 is 2.23 bits per heavy atom. The standard InChI is InChI=1S/C18H21BN2O5/c1-3-4-5-15-20-7-6-16(21-15)25-12-8-11(2)18-13(9-12)19(24)26-14(18)10-17(22)23/h6-9,14,24H,3-5,10H2,1-2H3,(H,22,23). The van der Waals surface area contributed by atoms with Crippen LogP contribution in [0.3, 0.4) is 0 Å². The molecule has 0 aliphatic carbocycles. The average molecular weight is 356 g/mol. The van der Waals surface area contributed by atoms with Crippen LogP contribution in [-0.2, 0) is 15.9 Å². The van der Waals surface area contributed by atoms with Gasteiger partial charge in [0.25, 0.3) is 0 Å². The Kier molecular flexibility index (Phi) is 5.53. The van der Waals surface area contributed by atoms with Crippen molar-refractivity contribution >= 4 is 18.6 Å². The Hall–Kier alpha value is -2.45. The van der Waals surface area contributed by atoms with Crippen LogP contribution in [0.2, 0.25) is 0 Å². The number of aryl methyl sites for hydroxylation is 2. The van der Waals surface area contributed by atoms with Crippen LogP contribution in [0.15, 0.2) is 24.4 Å². The molecule has 7 nitrogen and oxygen atoms in total. The van der Waals surface area contributed by atoms with Crippen LogP contribution in [0, 0.1) is 6.92 Å². The summed E-state index contributed by atoms with van der Waals surface area (Å²) in [5, 5.41) is 19.1. The highest BCUT2D eigenvalue weighted by molar-refractivity contribution is 6.62. The quantitative estimate of drug-likeness (QED) is 0.733. The molecule has 26 heavy (non-hydrogen) atoms. The first-order chi connectivity index (χ1) is 12.5. The molecule has 3 rings (SSSR count). The molecule has 0 radical (unpaired) electrons. The third-order valence-electron chi connectivity index (χ3n) is 4.29. The maximum absolute atomic E-state index is 11.0. The fourth-order valence-electron chi connectivity index (χ4n) is 3.11. The van der Waals surface area contributed by atoms with Crippen molar-refractivity contribution in [2.75, 3.05) is 0 Å². The van der Waals surface area contributed by atoms with Gasteiger partial charge in [0.15, 0.2) is 0 Å². The highest BCUT2D eigenvalue weighted by Gasteiger charge is 2.37. The second-order valence-electron chi connectivity index (χ2n) is 6.33. The van der Waals surface area contributed by atoms with E-state index in [9.17, 15) is 9.82 Å². The van der Waals surface area contributed by atoms with Gasteiger partial charge in [0.05, 0.1) is 12.5 Å². The summed E-state index contributed by atoms with van der Waals surface area (Å²) < 4.78 is 11.2. The van der Waals surface area contributed by atoms with Crippen molar-refractivity contribution in [2.45, 2.75) is 45.6 Å². The van der Waals surface area contributed by atoms with E-state index in [-0.39, 0.29) is 6.42 Å². The third kappa shape index (κ3) is 4.03. The number of unbranched alkanes of at least 4 members (excludes halogenated alkanes) is 1. The Morgan fingerprint density at radius 1 is 1.42 bits per heavy atom. The van der Waals surface area contributed by atoms with Gasteiger partial charge in [-0.05, 0) is 42.1 Å². The fraction of sp³-hybridized carbons (Fsp3) is 0.389. The number of aromatic nitrogens is 2. The second-order valence-corrected chi connectivity index (χ2v) is 6.33. The number of benzene rings is 1. The maximum Gasteiger partial charge on any atom is 0.492 e. The molecule has 8 heteroatoms. The van der Waals surface area contributed by atoms with E-state index in [0.29, 0.717) is 22.7 Å². The molecule has 136 valence electrons. The van der Waals surface area contributed by atoms with Crippen molar-refractivity contribution < 1.29 is 24.3 Å². The molecule has 1 unspecified atom stereocenters. The van der Waals surface area contributed by atoms with Gasteiger partial charge in [-0.15, -0.1) is 0 Å². The van der Waals surface area contributed by atoms with E-state index in [1.54, 1.807) is 24.4 Å². The normalized spacial score (nSPS) is 15.8. The van der Waals surface area contributed by atoms with Crippen LogP contribution in [0.4, 0.5) is 0 Å². The first kappa shape index (κ1) is 18.3. The van der Waals surface area contributed by atoms with E-state index in [2.05, 4.69) is 16.9 Å². The minimum absolute atomic E-state index is 0.197. The van der Waals surface area contributed by atoms with Crippen LogP contribution in [-0.4, -0.2) is 33.2 Å². The number of carbonyl (C=O) groups is 1. The van der Waals surface area contributed by atoms with E-state index in [1.165, 1.54) is 0 Å². The summed E-state index contributed by atoms with van der Waals surface area (Å²) in [5.41, 5.74) is 2.05. The molecular formula is C18H21BN2O5. The number of rotatable bonds is 7. The van der Waals surface area contributed by atoms with Gasteiger partial charge in [0, 0.05) is 18.7 Å². The molecule has 0 amide bonds. The number of aliphatic carboxylic acids is 1. The molecule has 2 N–H and O–H groups in total. The Balaban J connectivity index is 1.84. The summed E-state index contributed by atoms with van der Waals surface area (Å²) in [4.78, 5) is 19.6. The topological polar surface area (TPSA) is 102 Å². The van der Waals surface area contributed by atoms with Crippen molar-refractivity contribution in [1.29, 1.82) is 0 Å². The molecule has 0 bridgehead atoms. The van der Waals surface area contributed by atoms with Gasteiger partial charge in [-0.25, -0.2) is 4.98 Å². The predicted molar refractivity (Wildman–Crippen MR) is 95.6 cm³/mol. The van der Waals surface area contributed by atoms with E-state index in [1.807, 2.05) is 6.92 Å². The third-order valence-corrected chi connectivity index (χ3v) is 4.29. The summed E-state index contributed by atoms with van der Waals surface area (Å²) in [7, 11) is -1.16. The molecule has 1 aliphatic rings. The van der Waals surface area contributed by atoms with Gasteiger partial charge in [-0.3, -0.25) is 4.79 Å². The summed E-state index contributed by atoms with van der Waals surface area (Å²) in [6, 6.07) is 5.14. The molecule has 0 spiro atoms. The van der Waals surface area contributed by atoms with Crippen molar-refractivity contribution in [3.05, 3.63) is 41.3 Å². The molecule has 2 aromatic rings. The lowest BCUT2D eigenvalue weighted by atomic mass is 9.77. The van der Waals surface area contributed by atoms with Gasteiger partial charge < -0.3 is 19.5 Å². The maximum atomic E-state index is 11.0. The SMILES string of the molecule is CCCCc1nccc(Oc2cc(C)c3c(c2)B(O)OC3CC(=O)O)n1. The lowest BCUT2D eigenvalue weighted by Gasteiger charge is -2.13. The average Bonchev–Trinajstić information content (AvgIpc) is 2.89. The van der Waals surface area contributed by atoms with Crippen molar-refractivity contribution in [2.24, 2.45) is 0 Å². The van der Waals surface area contributed by atoms with E-state index >= 15 is 0 Å². The first-order valence-corrected chi connectivity index (χ1v) is 8.67. The van der Waals surface area contributed by atoms with E-state index < -0.39 is 19.2 Å². The Labute approximate surface area is 152 Å². The van der Waals surface area contributed by atoms with Crippen molar-refractivity contribution in [3.63, 3.8) is 0 Å². The minimum Gasteiger partial charge on any atom is -0.481 e. The van der Waals surface area contributed by atoms with Gasteiger partial charge in [0.2, 0.25) is 5.88 Å². The first-order valence-electron chi connectivity index (χ1n) is 8.67. The van der Waals surface area contributed by atoms with Crippen LogP contribution in [0.25, 0.3) is 0 Å². The van der Waals surface area contributed by atoms with Gasteiger partial charge in [-0.1, -0.05) is 13.3 Å². The number of carboxylic acid groups (broad SMARTS) is 1. The smallest absolute Gasteiger partial charge is 0.481 e. The van der Waals surface area contributed by atoms with Crippen LogP contribution in [0.1, 0.15) is 49.2 Å². The molecule has 2 heterocycles. The molecular weight excluding hydrogens is 335 g/mol. The largest absolute Gasteiger partial charge is 0.492 e. The zero-order valence-electron chi connectivity index (χ0n) is 14.8. The number of carboxylic acids is 1. The van der Waals surface area contributed by atoms with E-state index in [4.69, 9.17) is 14.5 Å². The summed E-state index contributed by atoms with van der Waals surface area (Å²) in [5.74, 6) is 0.698. The monoisotopic (exact) mass is 356 g/mol. The predicted octanol–water partition coefficient (Wildman–Crippen LogP) is 2.15. The molecule has 0 saturated heterocycles. The fourth-order valence-corrected chi connectivity index (χ4v) is 3.11. The summed E-state index contributed by atoms with van der Waals surface area (Å²) in [6.45, 7) is 3.95. The number of hydrogen-bond acceptors (Lipinski definition) is 6. The lowest BCUT2D eigenvalue weighted by Crippen LogP contribution is -2.28. The summed E-state index contributed by atoms with van der Waals surface area (Å²) >= 11 is 0. The van der Waals surface area contributed by atoms with Crippen LogP contribution < -0.4 is 10.2 Å². The zero-order valence-corrected chi connectivity index (χ0v) is 14.8. The molecule has 0 fully saturated rings. The van der Waals surface area contributed by atoms with Gasteiger partial charge >= 0.3 is 13.1 Å². The number of hydrogen-bond donors (Lipinski definition) is 2. The lowest BCUT2D eigenvalue weighted by molar-refractivity contribution is -0.138. The van der Waals surface area contributed by atoms with Crippen LogP contribution in [0.5, 0.6) is 11.6 Å². The van der Waals surface area contributed by atoms with Crippen molar-refractivity contribution in [1.82, 2.24) is 9.97 Å². The Morgan fingerprint density at radius 3 is 2.96 bits per heavy atom. The number of nitrogens with zero attached hydrogens (tertiary/aromatic N) is 2. The Bertz CT molecular complexity index is 814. The highest BCUT2D eigenvalue weighted by atomic mass is 16.5.